The fourth-order valence-electron chi connectivity index (χ4n) is 7.24. The number of nitrogens with zero attached hydrogens (tertiary/aromatic N) is 3. The molecule has 1 aliphatic rings. The molecule has 0 aliphatic heterocycles. The molecule has 3 nitrogen and oxygen atoms in total. The number of rotatable bonds is 2. The zero-order valence-electron chi connectivity index (χ0n) is 23.5. The summed E-state index contributed by atoms with van der Waals surface area (Å²) in [4.78, 5) is 9.88. The van der Waals surface area contributed by atoms with E-state index in [0.29, 0.717) is 0 Å². The molecule has 0 saturated heterocycles. The van der Waals surface area contributed by atoms with Crippen molar-refractivity contribution in [2.45, 2.75) is 19.3 Å². The van der Waals surface area contributed by atoms with Crippen molar-refractivity contribution >= 4 is 43.6 Å². The van der Waals surface area contributed by atoms with Crippen LogP contribution in [0.1, 0.15) is 25.0 Å². The molecular formula is C39H27N3. The Morgan fingerprint density at radius 3 is 2.10 bits per heavy atom. The Morgan fingerprint density at radius 2 is 1.21 bits per heavy atom. The maximum Gasteiger partial charge on any atom is 0.113 e. The van der Waals surface area contributed by atoms with E-state index in [2.05, 4.69) is 134 Å². The molecule has 3 heteroatoms. The lowest BCUT2D eigenvalue weighted by Crippen LogP contribution is -2.14. The van der Waals surface area contributed by atoms with Gasteiger partial charge in [-0.3, -0.25) is 9.97 Å². The van der Waals surface area contributed by atoms with Crippen molar-refractivity contribution in [2.24, 2.45) is 0 Å². The predicted molar refractivity (Wildman–Crippen MR) is 174 cm³/mol. The topological polar surface area (TPSA) is 30.7 Å². The van der Waals surface area contributed by atoms with Gasteiger partial charge in [0, 0.05) is 34.1 Å². The summed E-state index contributed by atoms with van der Waals surface area (Å²) in [6, 6.07) is 42.0. The van der Waals surface area contributed by atoms with Crippen LogP contribution in [0.2, 0.25) is 0 Å². The molecule has 0 unspecified atom stereocenters. The van der Waals surface area contributed by atoms with Gasteiger partial charge in [-0.15, -0.1) is 0 Å². The first kappa shape index (κ1) is 23.4. The maximum atomic E-state index is 4.95. The van der Waals surface area contributed by atoms with Crippen molar-refractivity contribution in [2.75, 3.05) is 0 Å². The van der Waals surface area contributed by atoms with Crippen LogP contribution in [0, 0.1) is 0 Å². The van der Waals surface area contributed by atoms with Gasteiger partial charge in [-0.2, -0.15) is 0 Å². The van der Waals surface area contributed by atoms with Crippen molar-refractivity contribution in [1.82, 2.24) is 14.5 Å². The van der Waals surface area contributed by atoms with E-state index in [1.807, 2.05) is 6.20 Å². The average molecular weight is 538 g/mol. The van der Waals surface area contributed by atoms with Crippen molar-refractivity contribution in [3.05, 3.63) is 139 Å². The summed E-state index contributed by atoms with van der Waals surface area (Å²) in [5, 5.41) is 4.95. The zero-order valence-corrected chi connectivity index (χ0v) is 23.5. The molecule has 1 aliphatic carbocycles. The molecule has 0 fully saturated rings. The zero-order chi connectivity index (χ0) is 28.0. The molecule has 0 atom stereocenters. The Balaban J connectivity index is 1.30. The lowest BCUT2D eigenvalue weighted by molar-refractivity contribution is 0.660. The lowest BCUT2D eigenvalue weighted by atomic mass is 9.81. The summed E-state index contributed by atoms with van der Waals surface area (Å²) < 4.78 is 2.36. The molecule has 198 valence electrons. The van der Waals surface area contributed by atoms with Crippen LogP contribution >= 0.6 is 0 Å². The molecule has 0 N–H and O–H groups in total. The fourth-order valence-corrected chi connectivity index (χ4v) is 7.24. The Bertz CT molecular complexity index is 2390. The average Bonchev–Trinajstić information content (AvgIpc) is 3.47. The molecule has 0 amide bonds. The minimum absolute atomic E-state index is 0.0604. The van der Waals surface area contributed by atoms with Gasteiger partial charge in [0.2, 0.25) is 0 Å². The standard InChI is InChI=1S/C39H27N3/c1-39(2)32-13-7-5-11-28(32)29-16-15-26(22-33(29)39)27-17-18-35(38-37(27)40-19-20-41-38)42-34-14-8-6-12-30(34)31-21-24-9-3-4-10-25(24)23-36(31)42/h3-23H,1-2H3. The molecule has 9 rings (SSSR count). The fraction of sp³-hybridized carbons (Fsp3) is 0.0769. The molecule has 8 aromatic rings. The molecule has 2 aromatic heterocycles. The second-order valence-corrected chi connectivity index (χ2v) is 11.9. The second-order valence-electron chi connectivity index (χ2n) is 11.9. The SMILES string of the molecule is CC1(C)c2ccccc2-c2ccc(-c3ccc(-n4c5ccccc5c5cc6ccccc6cc54)c4nccnc34)cc21. The third kappa shape index (κ3) is 3.11. The van der Waals surface area contributed by atoms with E-state index in [1.54, 1.807) is 6.20 Å². The van der Waals surface area contributed by atoms with Gasteiger partial charge >= 0.3 is 0 Å². The summed E-state index contributed by atoms with van der Waals surface area (Å²) in [6.45, 7) is 4.66. The Labute approximate surface area is 243 Å². The number of benzene rings is 6. The van der Waals surface area contributed by atoms with Crippen molar-refractivity contribution < 1.29 is 0 Å². The summed E-state index contributed by atoms with van der Waals surface area (Å²) in [5.74, 6) is 0. The van der Waals surface area contributed by atoms with E-state index in [-0.39, 0.29) is 5.41 Å². The highest BCUT2D eigenvalue weighted by Crippen LogP contribution is 2.50. The largest absolute Gasteiger partial charge is 0.307 e. The highest BCUT2D eigenvalue weighted by atomic mass is 15.0. The van der Waals surface area contributed by atoms with Gasteiger partial charge in [-0.25, -0.2) is 0 Å². The highest BCUT2D eigenvalue weighted by Gasteiger charge is 2.35. The molecular weight excluding hydrogens is 510 g/mol. The molecule has 0 spiro atoms. The van der Waals surface area contributed by atoms with E-state index in [4.69, 9.17) is 9.97 Å². The van der Waals surface area contributed by atoms with E-state index in [1.165, 1.54) is 60.4 Å². The molecule has 0 saturated carbocycles. The number of hydrogen-bond donors (Lipinski definition) is 0. The van der Waals surface area contributed by atoms with Crippen molar-refractivity contribution in [1.29, 1.82) is 0 Å². The van der Waals surface area contributed by atoms with Gasteiger partial charge in [-0.05, 0) is 75.0 Å². The number of hydrogen-bond acceptors (Lipinski definition) is 2. The van der Waals surface area contributed by atoms with Crippen LogP contribution in [0.4, 0.5) is 0 Å². The Hall–Kier alpha value is -5.28. The van der Waals surface area contributed by atoms with Crippen LogP contribution in [-0.4, -0.2) is 14.5 Å². The first-order chi connectivity index (χ1) is 20.6. The molecule has 0 bridgehead atoms. The Morgan fingerprint density at radius 1 is 0.524 bits per heavy atom. The van der Waals surface area contributed by atoms with Gasteiger partial charge < -0.3 is 4.57 Å². The summed E-state index contributed by atoms with van der Waals surface area (Å²) in [6.07, 6.45) is 3.61. The van der Waals surface area contributed by atoms with Gasteiger partial charge in [-0.1, -0.05) is 92.7 Å². The Kier molecular flexibility index (Phi) is 4.67. The summed E-state index contributed by atoms with van der Waals surface area (Å²) in [7, 11) is 0. The van der Waals surface area contributed by atoms with E-state index < -0.39 is 0 Å². The van der Waals surface area contributed by atoms with Crippen LogP contribution in [-0.2, 0) is 5.41 Å². The quantitative estimate of drug-likeness (QED) is 0.220. The lowest BCUT2D eigenvalue weighted by Gasteiger charge is -2.22. The number of para-hydroxylation sites is 1. The number of aromatic nitrogens is 3. The summed E-state index contributed by atoms with van der Waals surface area (Å²) in [5.41, 5.74) is 12.8. The first-order valence-electron chi connectivity index (χ1n) is 14.5. The van der Waals surface area contributed by atoms with Gasteiger partial charge in [0.05, 0.1) is 22.2 Å². The van der Waals surface area contributed by atoms with Crippen LogP contribution in [0.25, 0.3) is 71.6 Å². The minimum Gasteiger partial charge on any atom is -0.307 e. The number of fused-ring (bicyclic) bond motifs is 8. The molecule has 2 heterocycles. The third-order valence-electron chi connectivity index (χ3n) is 9.28. The molecule has 6 aromatic carbocycles. The maximum absolute atomic E-state index is 4.95. The first-order valence-corrected chi connectivity index (χ1v) is 14.5. The predicted octanol–water partition coefficient (Wildman–Crippen LogP) is 9.85. The third-order valence-corrected chi connectivity index (χ3v) is 9.28. The molecule has 0 radical (unpaired) electrons. The molecule has 42 heavy (non-hydrogen) atoms. The van der Waals surface area contributed by atoms with Gasteiger partial charge in [0.1, 0.15) is 5.52 Å². The normalized spacial score (nSPS) is 13.7. The summed E-state index contributed by atoms with van der Waals surface area (Å²) >= 11 is 0. The van der Waals surface area contributed by atoms with E-state index in [9.17, 15) is 0 Å². The van der Waals surface area contributed by atoms with Gasteiger partial charge in [0.25, 0.3) is 0 Å². The van der Waals surface area contributed by atoms with Crippen LogP contribution in [0.5, 0.6) is 0 Å². The highest BCUT2D eigenvalue weighted by molar-refractivity contribution is 6.14. The van der Waals surface area contributed by atoms with Crippen molar-refractivity contribution in [3.63, 3.8) is 0 Å². The smallest absolute Gasteiger partial charge is 0.113 e. The minimum atomic E-state index is -0.0604. The second kappa shape index (κ2) is 8.37. The van der Waals surface area contributed by atoms with Crippen LogP contribution < -0.4 is 0 Å². The van der Waals surface area contributed by atoms with Crippen LogP contribution in [0.15, 0.2) is 128 Å². The monoisotopic (exact) mass is 537 g/mol. The van der Waals surface area contributed by atoms with E-state index >= 15 is 0 Å². The van der Waals surface area contributed by atoms with E-state index in [0.717, 1.165) is 22.3 Å². The van der Waals surface area contributed by atoms with Crippen molar-refractivity contribution in [3.8, 4) is 27.9 Å². The van der Waals surface area contributed by atoms with Crippen LogP contribution in [0.3, 0.4) is 0 Å². The van der Waals surface area contributed by atoms with Gasteiger partial charge in [0.15, 0.2) is 0 Å².